The topological polar surface area (TPSA) is 20.3 Å². The van der Waals surface area contributed by atoms with Crippen molar-refractivity contribution in [3.05, 3.63) is 84.1 Å². The molecule has 1 atom stereocenters. The van der Waals surface area contributed by atoms with Crippen LogP contribution in [-0.4, -0.2) is 5.91 Å². The first kappa shape index (κ1) is 14.9. The summed E-state index contributed by atoms with van der Waals surface area (Å²) in [5.41, 5.74) is 5.64. The molecule has 24 heavy (non-hydrogen) atoms. The molecular formula is C22H21NO. The Kier molecular flexibility index (Phi) is 3.42. The summed E-state index contributed by atoms with van der Waals surface area (Å²) in [6.07, 6.45) is 5.13. The number of carbonyl (C=O) groups excluding carboxylic acids is 1. The summed E-state index contributed by atoms with van der Waals surface area (Å²) in [6, 6.07) is 18.7. The Balaban J connectivity index is 1.80. The average molecular weight is 315 g/mol. The number of anilines is 1. The number of hydrogen-bond acceptors (Lipinski definition) is 1. The summed E-state index contributed by atoms with van der Waals surface area (Å²) in [4.78, 5) is 14.2. The lowest BCUT2D eigenvalue weighted by atomic mass is 9.74. The largest absolute Gasteiger partial charge is 0.284 e. The van der Waals surface area contributed by atoms with Crippen molar-refractivity contribution in [1.82, 2.24) is 0 Å². The Morgan fingerprint density at radius 1 is 1.12 bits per heavy atom. The van der Waals surface area contributed by atoms with Gasteiger partial charge in [0.1, 0.15) is 0 Å². The molecule has 2 nitrogen and oxygen atoms in total. The molecule has 0 N–H and O–H groups in total. The summed E-state index contributed by atoms with van der Waals surface area (Å²) >= 11 is 0. The van der Waals surface area contributed by atoms with E-state index in [1.807, 2.05) is 29.2 Å². The molecule has 2 aromatic rings. The van der Waals surface area contributed by atoms with Gasteiger partial charge in [-0.2, -0.15) is 0 Å². The van der Waals surface area contributed by atoms with Crippen LogP contribution in [-0.2, 0) is 10.2 Å². The maximum Gasteiger partial charge on any atom is 0.228 e. The summed E-state index contributed by atoms with van der Waals surface area (Å²) in [5.74, 6) is 0.0859. The highest BCUT2D eigenvalue weighted by Gasteiger charge is 2.50. The minimum absolute atomic E-state index is 0.0859. The zero-order chi connectivity index (χ0) is 16.7. The SMILES string of the molecule is C=C(C[C@@]12CCC=C1N(C(C)=O)c1ccccc12)c1ccccc1. The summed E-state index contributed by atoms with van der Waals surface area (Å²) in [6.45, 7) is 6.01. The van der Waals surface area contributed by atoms with E-state index in [0.717, 1.165) is 36.2 Å². The van der Waals surface area contributed by atoms with Crippen LogP contribution in [0.3, 0.4) is 0 Å². The van der Waals surface area contributed by atoms with E-state index in [2.05, 4.69) is 43.0 Å². The molecule has 0 bridgehead atoms. The minimum Gasteiger partial charge on any atom is -0.284 e. The molecule has 120 valence electrons. The molecule has 1 amide bonds. The highest BCUT2D eigenvalue weighted by molar-refractivity contribution is 6.00. The van der Waals surface area contributed by atoms with Gasteiger partial charge in [-0.05, 0) is 42.0 Å². The van der Waals surface area contributed by atoms with E-state index in [0.29, 0.717) is 0 Å². The predicted octanol–water partition coefficient (Wildman–Crippen LogP) is 5.07. The zero-order valence-electron chi connectivity index (χ0n) is 14.0. The van der Waals surface area contributed by atoms with Crippen molar-refractivity contribution in [2.45, 2.75) is 31.6 Å². The summed E-state index contributed by atoms with van der Waals surface area (Å²) in [5, 5.41) is 0. The first-order valence-electron chi connectivity index (χ1n) is 8.47. The number of amides is 1. The molecule has 4 rings (SSSR count). The van der Waals surface area contributed by atoms with Gasteiger partial charge in [0.2, 0.25) is 5.91 Å². The van der Waals surface area contributed by atoms with Crippen LogP contribution in [0.5, 0.6) is 0 Å². The van der Waals surface area contributed by atoms with E-state index < -0.39 is 0 Å². The van der Waals surface area contributed by atoms with Crippen molar-refractivity contribution in [3.63, 3.8) is 0 Å². The molecule has 2 heteroatoms. The van der Waals surface area contributed by atoms with Crippen molar-refractivity contribution < 1.29 is 4.79 Å². The van der Waals surface area contributed by atoms with Gasteiger partial charge < -0.3 is 0 Å². The number of rotatable bonds is 3. The monoisotopic (exact) mass is 315 g/mol. The fraction of sp³-hybridized carbons (Fsp3) is 0.227. The van der Waals surface area contributed by atoms with Gasteiger partial charge in [0.05, 0.1) is 5.69 Å². The summed E-state index contributed by atoms with van der Waals surface area (Å²) in [7, 11) is 0. The number of benzene rings is 2. The molecule has 1 aliphatic carbocycles. The lowest BCUT2D eigenvalue weighted by Crippen LogP contribution is -2.31. The lowest BCUT2D eigenvalue weighted by Gasteiger charge is -2.30. The van der Waals surface area contributed by atoms with E-state index in [4.69, 9.17) is 0 Å². The third-order valence-corrected chi connectivity index (χ3v) is 5.31. The molecule has 2 aliphatic rings. The molecule has 0 saturated heterocycles. The highest BCUT2D eigenvalue weighted by Crippen LogP contribution is 2.57. The first-order chi connectivity index (χ1) is 11.6. The van der Waals surface area contributed by atoms with E-state index in [1.54, 1.807) is 6.92 Å². The van der Waals surface area contributed by atoms with Gasteiger partial charge in [0.15, 0.2) is 0 Å². The van der Waals surface area contributed by atoms with Crippen LogP contribution in [0.25, 0.3) is 5.57 Å². The van der Waals surface area contributed by atoms with Crippen molar-refractivity contribution in [2.75, 3.05) is 4.90 Å². The first-order valence-corrected chi connectivity index (χ1v) is 8.47. The van der Waals surface area contributed by atoms with Crippen LogP contribution < -0.4 is 4.90 Å². The van der Waals surface area contributed by atoms with Crippen molar-refractivity contribution >= 4 is 17.2 Å². The fourth-order valence-electron chi connectivity index (χ4n) is 4.31. The number of hydrogen-bond donors (Lipinski definition) is 0. The highest BCUT2D eigenvalue weighted by atomic mass is 16.2. The number of carbonyl (C=O) groups is 1. The van der Waals surface area contributed by atoms with Gasteiger partial charge in [-0.15, -0.1) is 0 Å². The quantitative estimate of drug-likeness (QED) is 0.774. The Morgan fingerprint density at radius 3 is 2.58 bits per heavy atom. The van der Waals surface area contributed by atoms with E-state index >= 15 is 0 Å². The Bertz CT molecular complexity index is 849. The molecule has 2 aromatic carbocycles. The molecule has 0 unspecified atom stereocenters. The number of allylic oxidation sites excluding steroid dienone is 3. The van der Waals surface area contributed by atoms with E-state index in [-0.39, 0.29) is 11.3 Å². The van der Waals surface area contributed by atoms with Crippen LogP contribution in [0.15, 0.2) is 72.9 Å². The Hall–Kier alpha value is -2.61. The third kappa shape index (κ3) is 2.06. The standard InChI is InChI=1S/C22H21NO/c1-16(18-9-4-3-5-10-18)15-22-14-8-13-21(22)23(17(2)24)20-12-7-6-11-19(20)22/h3-7,9-13H,1,8,14-15H2,2H3/t22-/m1/s1. The van der Waals surface area contributed by atoms with Crippen LogP contribution >= 0.6 is 0 Å². The maximum atomic E-state index is 12.3. The smallest absolute Gasteiger partial charge is 0.228 e. The second-order valence-corrected chi connectivity index (χ2v) is 6.73. The second kappa shape index (κ2) is 5.48. The molecule has 0 saturated carbocycles. The fourth-order valence-corrected chi connectivity index (χ4v) is 4.31. The lowest BCUT2D eigenvalue weighted by molar-refractivity contribution is -0.116. The minimum atomic E-state index is -0.116. The average Bonchev–Trinajstić information content (AvgIpc) is 3.10. The number of para-hydroxylation sites is 1. The maximum absolute atomic E-state index is 12.3. The molecule has 0 radical (unpaired) electrons. The number of nitrogens with zero attached hydrogens (tertiary/aromatic N) is 1. The Labute approximate surface area is 143 Å². The van der Waals surface area contributed by atoms with Gasteiger partial charge in [0, 0.05) is 18.0 Å². The number of fused-ring (bicyclic) bond motifs is 3. The van der Waals surface area contributed by atoms with Gasteiger partial charge in [-0.1, -0.05) is 61.2 Å². The van der Waals surface area contributed by atoms with Crippen LogP contribution in [0.4, 0.5) is 5.69 Å². The summed E-state index contributed by atoms with van der Waals surface area (Å²) < 4.78 is 0. The van der Waals surface area contributed by atoms with Crippen LogP contribution in [0, 0.1) is 0 Å². The van der Waals surface area contributed by atoms with Crippen molar-refractivity contribution in [1.29, 1.82) is 0 Å². The van der Waals surface area contributed by atoms with Crippen molar-refractivity contribution in [2.24, 2.45) is 0 Å². The van der Waals surface area contributed by atoms with Gasteiger partial charge >= 0.3 is 0 Å². The van der Waals surface area contributed by atoms with Crippen molar-refractivity contribution in [3.8, 4) is 0 Å². The van der Waals surface area contributed by atoms with E-state index in [9.17, 15) is 4.79 Å². The van der Waals surface area contributed by atoms with Gasteiger partial charge in [0.25, 0.3) is 0 Å². The molecule has 0 fully saturated rings. The predicted molar refractivity (Wildman–Crippen MR) is 98.7 cm³/mol. The molecular weight excluding hydrogens is 294 g/mol. The van der Waals surface area contributed by atoms with E-state index in [1.165, 1.54) is 11.1 Å². The van der Waals surface area contributed by atoms with Gasteiger partial charge in [-0.25, -0.2) is 0 Å². The molecule has 0 aromatic heterocycles. The molecule has 0 spiro atoms. The van der Waals surface area contributed by atoms with Gasteiger partial charge in [-0.3, -0.25) is 9.69 Å². The molecule has 1 heterocycles. The van der Waals surface area contributed by atoms with Crippen LogP contribution in [0.2, 0.25) is 0 Å². The second-order valence-electron chi connectivity index (χ2n) is 6.73. The molecule has 1 aliphatic heterocycles. The third-order valence-electron chi connectivity index (χ3n) is 5.31. The Morgan fingerprint density at radius 2 is 1.83 bits per heavy atom. The zero-order valence-corrected chi connectivity index (χ0v) is 14.0. The van der Waals surface area contributed by atoms with Crippen LogP contribution in [0.1, 0.15) is 37.3 Å². The normalized spacial score (nSPS) is 21.2.